The Morgan fingerprint density at radius 1 is 1.12 bits per heavy atom. The van der Waals surface area contributed by atoms with E-state index in [1.165, 1.54) is 29.4 Å². The molecule has 32 heavy (non-hydrogen) atoms. The predicted molar refractivity (Wildman–Crippen MR) is 116 cm³/mol. The topological polar surface area (TPSA) is 76.2 Å². The first-order chi connectivity index (χ1) is 15.2. The van der Waals surface area contributed by atoms with Crippen LogP contribution in [0.2, 0.25) is 0 Å². The summed E-state index contributed by atoms with van der Waals surface area (Å²) in [6, 6.07) is 11.3. The van der Waals surface area contributed by atoms with Crippen LogP contribution in [0.3, 0.4) is 0 Å². The second-order valence-corrected chi connectivity index (χ2v) is 10.1. The summed E-state index contributed by atoms with van der Waals surface area (Å²) < 4.78 is 53.2. The molecule has 2 aromatic carbocycles. The van der Waals surface area contributed by atoms with E-state index < -0.39 is 21.6 Å². The highest BCUT2D eigenvalue weighted by Gasteiger charge is 2.51. The number of aryl methyl sites for hydroxylation is 2. The maximum atomic E-state index is 13.6. The Balaban J connectivity index is 1.42. The lowest BCUT2D eigenvalue weighted by molar-refractivity contribution is -0.142. The molecule has 0 aliphatic carbocycles. The predicted octanol–water partition coefficient (Wildman–Crippen LogP) is 2.86. The number of sulfonamides is 1. The molecule has 7 nitrogen and oxygen atoms in total. The van der Waals surface area contributed by atoms with E-state index >= 15 is 0 Å². The highest BCUT2D eigenvalue weighted by atomic mass is 32.2. The molecule has 1 amide bonds. The van der Waals surface area contributed by atoms with Gasteiger partial charge in [-0.05, 0) is 55.3 Å². The van der Waals surface area contributed by atoms with Crippen LogP contribution in [0, 0.1) is 19.7 Å². The normalized spacial score (nSPS) is 18.8. The number of ether oxygens (including phenoxy) is 2. The third kappa shape index (κ3) is 4.37. The zero-order valence-corrected chi connectivity index (χ0v) is 19.0. The smallest absolute Gasteiger partial charge is 0.260 e. The molecule has 0 N–H and O–H groups in total. The fraction of sp³-hybridized carbons (Fsp3) is 0.435. The second-order valence-electron chi connectivity index (χ2n) is 8.27. The lowest BCUT2D eigenvalue weighted by Crippen LogP contribution is -2.56. The molecule has 0 radical (unpaired) electrons. The fourth-order valence-corrected chi connectivity index (χ4v) is 6.09. The third-order valence-corrected chi connectivity index (χ3v) is 8.03. The van der Waals surface area contributed by atoms with Gasteiger partial charge in [0.05, 0.1) is 11.5 Å². The number of carbonyl (C=O) groups is 1. The van der Waals surface area contributed by atoms with Crippen molar-refractivity contribution < 1.29 is 27.1 Å². The van der Waals surface area contributed by atoms with Crippen LogP contribution < -0.4 is 4.74 Å². The number of amides is 1. The van der Waals surface area contributed by atoms with Crippen molar-refractivity contribution in [2.24, 2.45) is 0 Å². The van der Waals surface area contributed by atoms with Crippen LogP contribution in [0.4, 0.5) is 4.39 Å². The molecule has 1 spiro atoms. The summed E-state index contributed by atoms with van der Waals surface area (Å²) in [6.45, 7) is 4.65. The maximum Gasteiger partial charge on any atom is 0.260 e. The van der Waals surface area contributed by atoms with Gasteiger partial charge in [-0.3, -0.25) is 4.79 Å². The molecule has 0 unspecified atom stereocenters. The molecule has 0 saturated carbocycles. The quantitative estimate of drug-likeness (QED) is 0.683. The average Bonchev–Trinajstić information content (AvgIpc) is 3.18. The Morgan fingerprint density at radius 3 is 2.56 bits per heavy atom. The number of benzene rings is 2. The van der Waals surface area contributed by atoms with Gasteiger partial charge >= 0.3 is 0 Å². The first kappa shape index (κ1) is 22.7. The van der Waals surface area contributed by atoms with E-state index in [9.17, 15) is 17.6 Å². The van der Waals surface area contributed by atoms with Gasteiger partial charge in [-0.15, -0.1) is 0 Å². The number of nitrogens with zero attached hydrogens (tertiary/aromatic N) is 2. The van der Waals surface area contributed by atoms with Crippen molar-refractivity contribution in [3.05, 3.63) is 59.4 Å². The minimum atomic E-state index is -3.86. The van der Waals surface area contributed by atoms with E-state index in [4.69, 9.17) is 9.47 Å². The molecule has 2 heterocycles. The zero-order valence-electron chi connectivity index (χ0n) is 18.2. The minimum absolute atomic E-state index is 0.0475. The van der Waals surface area contributed by atoms with E-state index in [-0.39, 0.29) is 36.1 Å². The highest BCUT2D eigenvalue weighted by molar-refractivity contribution is 7.89. The van der Waals surface area contributed by atoms with Gasteiger partial charge < -0.3 is 14.4 Å². The summed E-state index contributed by atoms with van der Waals surface area (Å²) in [5, 5.41) is 0. The van der Waals surface area contributed by atoms with Gasteiger partial charge in [0, 0.05) is 32.5 Å². The fourth-order valence-electron chi connectivity index (χ4n) is 4.28. The van der Waals surface area contributed by atoms with Gasteiger partial charge in [0.15, 0.2) is 6.61 Å². The monoisotopic (exact) mass is 462 g/mol. The summed E-state index contributed by atoms with van der Waals surface area (Å²) >= 11 is 0. The number of piperidine rings is 1. The Labute approximate surface area is 187 Å². The molecule has 2 aliphatic heterocycles. The molecule has 2 saturated heterocycles. The van der Waals surface area contributed by atoms with Gasteiger partial charge in [0.2, 0.25) is 10.0 Å². The third-order valence-electron chi connectivity index (χ3n) is 6.09. The molecule has 0 atom stereocenters. The molecule has 172 valence electrons. The van der Waals surface area contributed by atoms with Crippen LogP contribution in [-0.2, 0) is 19.6 Å². The number of hydrogen-bond acceptors (Lipinski definition) is 5. The first-order valence-electron chi connectivity index (χ1n) is 10.6. The highest BCUT2D eigenvalue weighted by Crippen LogP contribution is 2.38. The largest absolute Gasteiger partial charge is 0.484 e. The average molecular weight is 463 g/mol. The Kier molecular flexibility index (Phi) is 6.24. The molecular formula is C23H27FN2O5S. The summed E-state index contributed by atoms with van der Waals surface area (Å²) in [4.78, 5) is 14.3. The zero-order chi connectivity index (χ0) is 22.9. The molecule has 2 aromatic rings. The summed E-state index contributed by atoms with van der Waals surface area (Å²) in [5.74, 6) is 0.0387. The number of rotatable bonds is 5. The van der Waals surface area contributed by atoms with Gasteiger partial charge in [-0.25, -0.2) is 12.8 Å². The van der Waals surface area contributed by atoms with Crippen LogP contribution in [0.5, 0.6) is 5.75 Å². The number of carbonyl (C=O) groups excluding carboxylic acids is 1. The van der Waals surface area contributed by atoms with E-state index in [1.807, 2.05) is 25.1 Å². The second kappa shape index (κ2) is 8.80. The van der Waals surface area contributed by atoms with Gasteiger partial charge in [0.1, 0.15) is 17.3 Å². The molecule has 0 aromatic heterocycles. The van der Waals surface area contributed by atoms with E-state index in [2.05, 4.69) is 0 Å². The minimum Gasteiger partial charge on any atom is -0.484 e. The maximum absolute atomic E-state index is 13.6. The molecule has 0 bridgehead atoms. The van der Waals surface area contributed by atoms with Gasteiger partial charge in [0.25, 0.3) is 5.91 Å². The van der Waals surface area contributed by atoms with Gasteiger partial charge in [-0.1, -0.05) is 12.1 Å². The molecule has 2 aliphatic rings. The van der Waals surface area contributed by atoms with Crippen molar-refractivity contribution in [1.82, 2.24) is 9.21 Å². The summed E-state index contributed by atoms with van der Waals surface area (Å²) in [5.41, 5.74) is 0.329. The van der Waals surface area contributed by atoms with Crippen molar-refractivity contribution in [2.45, 2.75) is 37.3 Å². The van der Waals surface area contributed by atoms with E-state index in [0.29, 0.717) is 31.7 Å². The van der Waals surface area contributed by atoms with E-state index in [0.717, 1.165) is 5.56 Å². The van der Waals surface area contributed by atoms with Crippen LogP contribution in [-0.4, -0.2) is 62.1 Å². The Hall–Kier alpha value is -2.49. The lowest BCUT2D eigenvalue weighted by Gasteiger charge is -2.42. The molecular weight excluding hydrogens is 435 g/mol. The van der Waals surface area contributed by atoms with Gasteiger partial charge in [-0.2, -0.15) is 4.31 Å². The van der Waals surface area contributed by atoms with Crippen LogP contribution >= 0.6 is 0 Å². The first-order valence-corrected chi connectivity index (χ1v) is 12.1. The van der Waals surface area contributed by atoms with Crippen molar-refractivity contribution >= 4 is 15.9 Å². The van der Waals surface area contributed by atoms with Crippen LogP contribution in [0.1, 0.15) is 24.0 Å². The van der Waals surface area contributed by atoms with Crippen molar-refractivity contribution in [3.8, 4) is 5.75 Å². The number of halogens is 1. The van der Waals surface area contributed by atoms with Crippen LogP contribution in [0.25, 0.3) is 0 Å². The SMILES string of the molecule is Cc1cccc(OCC(=O)N2CCC3(CC2)OCCN3S(=O)(=O)c2ccc(F)c(C)c2)c1. The standard InChI is InChI=1S/C23H27FN2O5S/c1-17-4-3-5-19(14-17)30-16-22(27)25-10-8-23(9-11-25)26(12-13-31-23)32(28,29)20-6-7-21(24)18(2)15-20/h3-7,14-15H,8-13,16H2,1-2H3. The Morgan fingerprint density at radius 2 is 1.88 bits per heavy atom. The molecule has 4 rings (SSSR count). The van der Waals surface area contributed by atoms with Crippen LogP contribution in [0.15, 0.2) is 47.4 Å². The number of hydrogen-bond donors (Lipinski definition) is 0. The Bertz CT molecular complexity index is 1110. The van der Waals surface area contributed by atoms with Crippen molar-refractivity contribution in [2.75, 3.05) is 32.8 Å². The molecule has 2 fully saturated rings. The molecule has 9 heteroatoms. The van der Waals surface area contributed by atoms with Crippen molar-refractivity contribution in [3.63, 3.8) is 0 Å². The lowest BCUT2D eigenvalue weighted by atomic mass is 10.0. The summed E-state index contributed by atoms with van der Waals surface area (Å²) in [6.07, 6.45) is 0.727. The van der Waals surface area contributed by atoms with Crippen molar-refractivity contribution in [1.29, 1.82) is 0 Å². The van der Waals surface area contributed by atoms with E-state index in [1.54, 1.807) is 11.0 Å². The number of likely N-dealkylation sites (tertiary alicyclic amines) is 1. The summed E-state index contributed by atoms with van der Waals surface area (Å²) in [7, 11) is -3.86.